The third-order valence-electron chi connectivity index (χ3n) is 3.50. The summed E-state index contributed by atoms with van der Waals surface area (Å²) in [5, 5.41) is 3.89. The lowest BCUT2D eigenvalue weighted by Gasteiger charge is -2.03. The number of hydrogen-bond acceptors (Lipinski definition) is 4. The summed E-state index contributed by atoms with van der Waals surface area (Å²) < 4.78 is 5.39. The number of anilines is 1. The maximum atomic E-state index is 5.93. The van der Waals surface area contributed by atoms with E-state index in [-0.39, 0.29) is 0 Å². The summed E-state index contributed by atoms with van der Waals surface area (Å²) in [6, 6.07) is 12.4. The number of nitrogens with two attached hydrogens (primary N) is 1. The minimum absolute atomic E-state index is 0.418. The molecular weight excluding hydrogens is 262 g/mol. The Labute approximate surface area is 123 Å². The highest BCUT2D eigenvalue weighted by Crippen LogP contribution is 2.29. The molecule has 0 aliphatic heterocycles. The van der Waals surface area contributed by atoms with Crippen molar-refractivity contribution in [2.45, 2.75) is 19.8 Å². The van der Waals surface area contributed by atoms with Gasteiger partial charge in [-0.3, -0.25) is 4.98 Å². The monoisotopic (exact) mass is 279 g/mol. The highest BCUT2D eigenvalue weighted by atomic mass is 16.5. The van der Waals surface area contributed by atoms with Crippen LogP contribution in [-0.2, 0) is 12.8 Å². The van der Waals surface area contributed by atoms with Crippen LogP contribution in [0.15, 0.2) is 53.3 Å². The number of benzene rings is 1. The Morgan fingerprint density at radius 3 is 2.62 bits per heavy atom. The van der Waals surface area contributed by atoms with Crippen LogP contribution < -0.4 is 5.73 Å². The van der Waals surface area contributed by atoms with Gasteiger partial charge < -0.3 is 10.3 Å². The lowest BCUT2D eigenvalue weighted by Crippen LogP contribution is -1.94. The molecule has 4 heteroatoms. The summed E-state index contributed by atoms with van der Waals surface area (Å²) in [5.41, 5.74) is 10.3. The first-order valence-corrected chi connectivity index (χ1v) is 6.94. The van der Waals surface area contributed by atoms with E-state index in [0.29, 0.717) is 5.82 Å². The number of nitrogen functional groups attached to an aromatic ring is 1. The smallest absolute Gasteiger partial charge is 0.175 e. The minimum Gasteiger partial charge on any atom is -0.380 e. The van der Waals surface area contributed by atoms with Crippen molar-refractivity contribution in [3.8, 4) is 11.1 Å². The zero-order chi connectivity index (χ0) is 14.7. The fourth-order valence-corrected chi connectivity index (χ4v) is 2.34. The van der Waals surface area contributed by atoms with Crippen LogP contribution in [0, 0.1) is 6.92 Å². The van der Waals surface area contributed by atoms with E-state index in [1.165, 1.54) is 11.1 Å². The second-order valence-electron chi connectivity index (χ2n) is 5.09. The van der Waals surface area contributed by atoms with Gasteiger partial charge in [-0.1, -0.05) is 41.1 Å². The molecule has 1 aromatic carbocycles. The Morgan fingerprint density at radius 2 is 1.90 bits per heavy atom. The van der Waals surface area contributed by atoms with E-state index in [9.17, 15) is 0 Å². The molecule has 21 heavy (non-hydrogen) atoms. The van der Waals surface area contributed by atoms with Crippen molar-refractivity contribution in [3.63, 3.8) is 0 Å². The number of nitrogens with zero attached hydrogens (tertiary/aromatic N) is 2. The first-order chi connectivity index (χ1) is 10.2. The average Bonchev–Trinajstić information content (AvgIpc) is 2.88. The highest BCUT2D eigenvalue weighted by Gasteiger charge is 2.15. The fraction of sp³-hybridized carbons (Fsp3) is 0.176. The first kappa shape index (κ1) is 13.4. The summed E-state index contributed by atoms with van der Waals surface area (Å²) in [5.74, 6) is 1.22. The molecule has 0 saturated carbocycles. The van der Waals surface area contributed by atoms with Gasteiger partial charge in [-0.15, -0.1) is 0 Å². The van der Waals surface area contributed by atoms with Crippen molar-refractivity contribution in [2.75, 3.05) is 5.73 Å². The predicted octanol–water partition coefficient (Wildman–Crippen LogP) is 3.41. The van der Waals surface area contributed by atoms with Gasteiger partial charge in [-0.05, 0) is 25.0 Å². The molecule has 0 atom stereocenters. The molecule has 0 spiro atoms. The van der Waals surface area contributed by atoms with Crippen LogP contribution >= 0.6 is 0 Å². The number of rotatable bonds is 4. The molecule has 0 radical (unpaired) electrons. The van der Waals surface area contributed by atoms with Crippen LogP contribution in [0.25, 0.3) is 11.1 Å². The lowest BCUT2D eigenvalue weighted by atomic mass is 10.0. The Hall–Kier alpha value is -2.62. The molecule has 0 saturated heterocycles. The molecule has 0 fully saturated rings. The Balaban J connectivity index is 1.82. The number of hydrogen-bond donors (Lipinski definition) is 1. The number of pyridine rings is 1. The number of aromatic nitrogens is 2. The standard InChI is InChI=1S/C17H17N3O/c1-12-4-6-13(7-5-12)8-9-15-16(17(18)20-21-15)14-3-2-10-19-11-14/h2-7,10-11H,8-9H2,1H3,(H2,18,20). The van der Waals surface area contributed by atoms with Gasteiger partial charge in [0.1, 0.15) is 5.76 Å². The van der Waals surface area contributed by atoms with E-state index < -0.39 is 0 Å². The Kier molecular flexibility index (Phi) is 3.69. The molecular formula is C17H17N3O. The van der Waals surface area contributed by atoms with Crippen molar-refractivity contribution in [2.24, 2.45) is 0 Å². The van der Waals surface area contributed by atoms with Crippen molar-refractivity contribution in [1.82, 2.24) is 10.1 Å². The molecule has 0 aliphatic carbocycles. The Morgan fingerprint density at radius 1 is 1.10 bits per heavy atom. The van der Waals surface area contributed by atoms with Crippen LogP contribution in [0.2, 0.25) is 0 Å². The lowest BCUT2D eigenvalue weighted by molar-refractivity contribution is 0.386. The van der Waals surface area contributed by atoms with Crippen LogP contribution in [0.3, 0.4) is 0 Å². The van der Waals surface area contributed by atoms with E-state index in [0.717, 1.165) is 29.7 Å². The van der Waals surface area contributed by atoms with Gasteiger partial charge in [0.05, 0.1) is 5.56 Å². The minimum atomic E-state index is 0.418. The third-order valence-corrected chi connectivity index (χ3v) is 3.50. The van der Waals surface area contributed by atoms with Crippen molar-refractivity contribution < 1.29 is 4.52 Å². The maximum absolute atomic E-state index is 5.93. The summed E-state index contributed by atoms with van der Waals surface area (Å²) in [4.78, 5) is 4.13. The molecule has 4 nitrogen and oxygen atoms in total. The summed E-state index contributed by atoms with van der Waals surface area (Å²) in [7, 11) is 0. The maximum Gasteiger partial charge on any atom is 0.175 e. The van der Waals surface area contributed by atoms with Crippen molar-refractivity contribution >= 4 is 5.82 Å². The second kappa shape index (κ2) is 5.79. The topological polar surface area (TPSA) is 64.9 Å². The van der Waals surface area contributed by atoms with E-state index in [1.807, 2.05) is 12.1 Å². The molecule has 3 aromatic rings. The SMILES string of the molecule is Cc1ccc(CCc2onc(N)c2-c2cccnc2)cc1. The molecule has 3 rings (SSSR count). The summed E-state index contributed by atoms with van der Waals surface area (Å²) in [6.07, 6.45) is 5.16. The van der Waals surface area contributed by atoms with Crippen molar-refractivity contribution in [3.05, 3.63) is 65.7 Å². The normalized spacial score (nSPS) is 10.7. The summed E-state index contributed by atoms with van der Waals surface area (Å²) in [6.45, 7) is 2.08. The molecule has 0 bridgehead atoms. The third kappa shape index (κ3) is 2.94. The molecule has 0 aliphatic rings. The van der Waals surface area contributed by atoms with Gasteiger partial charge in [-0.2, -0.15) is 0 Å². The van der Waals surface area contributed by atoms with Gasteiger partial charge in [0, 0.05) is 24.4 Å². The van der Waals surface area contributed by atoms with Crippen LogP contribution in [0.1, 0.15) is 16.9 Å². The van der Waals surface area contributed by atoms with E-state index in [4.69, 9.17) is 10.3 Å². The fourth-order valence-electron chi connectivity index (χ4n) is 2.34. The van der Waals surface area contributed by atoms with Crippen molar-refractivity contribution in [1.29, 1.82) is 0 Å². The van der Waals surface area contributed by atoms with E-state index in [1.54, 1.807) is 12.4 Å². The quantitative estimate of drug-likeness (QED) is 0.794. The van der Waals surface area contributed by atoms with Crippen LogP contribution in [0.4, 0.5) is 5.82 Å². The molecule has 0 amide bonds. The van der Waals surface area contributed by atoms with Gasteiger partial charge in [-0.25, -0.2) is 0 Å². The number of aryl methyl sites for hydroxylation is 3. The molecule has 0 unspecified atom stereocenters. The first-order valence-electron chi connectivity index (χ1n) is 6.94. The van der Waals surface area contributed by atoms with Gasteiger partial charge >= 0.3 is 0 Å². The van der Waals surface area contributed by atoms with Crippen LogP contribution in [0.5, 0.6) is 0 Å². The molecule has 2 aromatic heterocycles. The summed E-state index contributed by atoms with van der Waals surface area (Å²) >= 11 is 0. The average molecular weight is 279 g/mol. The largest absolute Gasteiger partial charge is 0.380 e. The van der Waals surface area contributed by atoms with E-state index >= 15 is 0 Å². The zero-order valence-electron chi connectivity index (χ0n) is 11.9. The van der Waals surface area contributed by atoms with Gasteiger partial charge in [0.2, 0.25) is 0 Å². The predicted molar refractivity (Wildman–Crippen MR) is 82.7 cm³/mol. The molecule has 2 heterocycles. The zero-order valence-corrected chi connectivity index (χ0v) is 11.9. The van der Waals surface area contributed by atoms with E-state index in [2.05, 4.69) is 41.3 Å². The molecule has 2 N–H and O–H groups in total. The molecule has 106 valence electrons. The van der Waals surface area contributed by atoms with Gasteiger partial charge in [0.25, 0.3) is 0 Å². The van der Waals surface area contributed by atoms with Gasteiger partial charge in [0.15, 0.2) is 5.82 Å². The Bertz CT molecular complexity index is 718. The second-order valence-corrected chi connectivity index (χ2v) is 5.09. The van der Waals surface area contributed by atoms with Crippen LogP contribution in [-0.4, -0.2) is 10.1 Å². The highest BCUT2D eigenvalue weighted by molar-refractivity contribution is 5.74.